The van der Waals surface area contributed by atoms with Gasteiger partial charge in [0.25, 0.3) is 0 Å². The lowest BCUT2D eigenvalue weighted by Gasteiger charge is -2.30. The molecular formula is C40H70O. The molecule has 2 fully saturated rings. The van der Waals surface area contributed by atoms with Crippen LogP contribution in [0.3, 0.4) is 0 Å². The number of rotatable bonds is 18. The lowest BCUT2D eigenvalue weighted by molar-refractivity contribution is 0.129. The summed E-state index contributed by atoms with van der Waals surface area (Å²) < 4.78 is 6.06. The van der Waals surface area contributed by atoms with E-state index in [2.05, 4.69) is 26.0 Å². The van der Waals surface area contributed by atoms with E-state index < -0.39 is 0 Å². The molecule has 0 radical (unpaired) electrons. The molecule has 0 aromatic rings. The van der Waals surface area contributed by atoms with Crippen LogP contribution in [0.25, 0.3) is 0 Å². The fraction of sp³-hybridized carbons (Fsp3) is 0.900. The van der Waals surface area contributed by atoms with Crippen molar-refractivity contribution in [3.63, 3.8) is 0 Å². The summed E-state index contributed by atoms with van der Waals surface area (Å²) >= 11 is 0. The molecule has 2 atom stereocenters. The maximum Gasteiger partial charge on any atom is 0.0469 e. The standard InChI is InChI=1S/C40H70O/c1-3-7-33-11-19-37(20-12-33)27-29-39-23-15-35(16-24-39)9-5-31-41-32-6-10-36-17-25-40(26-18-36)30-28-38-21-13-34(8-4-2)14-22-38/h15,17,33-34,37-40H,3-14,16,18-32H2,1-2H3. The molecule has 0 aromatic carbocycles. The van der Waals surface area contributed by atoms with Crippen LogP contribution < -0.4 is 0 Å². The Morgan fingerprint density at radius 1 is 0.488 bits per heavy atom. The van der Waals surface area contributed by atoms with Crippen LogP contribution in [0.5, 0.6) is 0 Å². The van der Waals surface area contributed by atoms with E-state index in [0.717, 1.165) is 48.7 Å². The van der Waals surface area contributed by atoms with Crippen molar-refractivity contribution in [3.05, 3.63) is 23.3 Å². The first-order valence-electron chi connectivity index (χ1n) is 19.1. The lowest BCUT2D eigenvalue weighted by atomic mass is 9.76. The predicted octanol–water partition coefficient (Wildman–Crippen LogP) is 12.8. The minimum atomic E-state index is 0.961. The van der Waals surface area contributed by atoms with E-state index in [4.69, 9.17) is 4.74 Å². The summed E-state index contributed by atoms with van der Waals surface area (Å²) in [5.74, 6) is 6.16. The van der Waals surface area contributed by atoms with E-state index in [-0.39, 0.29) is 0 Å². The van der Waals surface area contributed by atoms with Crippen LogP contribution in [0.15, 0.2) is 23.3 Å². The Balaban J connectivity index is 0.947. The molecule has 0 spiro atoms. The Bertz CT molecular complexity index is 670. The van der Waals surface area contributed by atoms with E-state index >= 15 is 0 Å². The summed E-state index contributed by atoms with van der Waals surface area (Å²) in [7, 11) is 0. The summed E-state index contributed by atoms with van der Waals surface area (Å²) in [6.07, 6.45) is 42.5. The fourth-order valence-electron chi connectivity index (χ4n) is 9.15. The molecule has 0 aliphatic heterocycles. The zero-order chi connectivity index (χ0) is 28.5. The normalized spacial score (nSPS) is 31.1. The van der Waals surface area contributed by atoms with Crippen LogP contribution in [0, 0.1) is 35.5 Å². The van der Waals surface area contributed by atoms with Gasteiger partial charge in [0.1, 0.15) is 0 Å². The Morgan fingerprint density at radius 2 is 0.854 bits per heavy atom. The molecule has 1 heteroatoms. The van der Waals surface area contributed by atoms with Crippen LogP contribution in [0.1, 0.15) is 181 Å². The summed E-state index contributed by atoms with van der Waals surface area (Å²) in [6.45, 7) is 6.63. The molecule has 1 nitrogen and oxygen atoms in total. The third kappa shape index (κ3) is 12.9. The molecule has 4 rings (SSSR count). The quantitative estimate of drug-likeness (QED) is 0.118. The van der Waals surface area contributed by atoms with Gasteiger partial charge in [0, 0.05) is 13.2 Å². The third-order valence-electron chi connectivity index (χ3n) is 12.1. The Labute approximate surface area is 257 Å². The zero-order valence-electron chi connectivity index (χ0n) is 27.8. The fourth-order valence-corrected chi connectivity index (χ4v) is 9.15. The molecule has 2 saturated carbocycles. The first-order valence-corrected chi connectivity index (χ1v) is 19.1. The monoisotopic (exact) mass is 567 g/mol. The molecule has 236 valence electrons. The predicted molar refractivity (Wildman–Crippen MR) is 179 cm³/mol. The molecule has 4 aliphatic carbocycles. The first kappa shape index (κ1) is 33.3. The van der Waals surface area contributed by atoms with Crippen molar-refractivity contribution >= 4 is 0 Å². The van der Waals surface area contributed by atoms with Gasteiger partial charge in [0.2, 0.25) is 0 Å². The molecule has 0 saturated heterocycles. The maximum absolute atomic E-state index is 6.06. The van der Waals surface area contributed by atoms with E-state index in [1.54, 1.807) is 11.1 Å². The van der Waals surface area contributed by atoms with E-state index in [0.29, 0.717) is 0 Å². The van der Waals surface area contributed by atoms with Gasteiger partial charge in [-0.05, 0) is 113 Å². The Hall–Kier alpha value is -0.560. The largest absolute Gasteiger partial charge is 0.381 e. The number of hydrogen-bond donors (Lipinski definition) is 0. The van der Waals surface area contributed by atoms with E-state index in [1.165, 1.54) is 167 Å². The van der Waals surface area contributed by atoms with Crippen molar-refractivity contribution in [2.24, 2.45) is 35.5 Å². The van der Waals surface area contributed by atoms with Gasteiger partial charge in [0.15, 0.2) is 0 Å². The van der Waals surface area contributed by atoms with Crippen LogP contribution in [0.2, 0.25) is 0 Å². The SMILES string of the molecule is CCCC1CCC(CCC2CC=C(CCCOCCCC3=CCC(CCC4CCC(CCC)CC4)CC3)CC2)CC1. The maximum atomic E-state index is 6.06. The molecule has 0 N–H and O–H groups in total. The average molecular weight is 567 g/mol. The van der Waals surface area contributed by atoms with Gasteiger partial charge in [-0.15, -0.1) is 0 Å². The lowest BCUT2D eigenvalue weighted by Crippen LogP contribution is -2.16. The minimum Gasteiger partial charge on any atom is -0.381 e. The van der Waals surface area contributed by atoms with Gasteiger partial charge in [-0.1, -0.05) is 127 Å². The molecule has 4 aliphatic rings. The van der Waals surface area contributed by atoms with Gasteiger partial charge in [-0.25, -0.2) is 0 Å². The van der Waals surface area contributed by atoms with Crippen molar-refractivity contribution in [1.29, 1.82) is 0 Å². The van der Waals surface area contributed by atoms with Crippen LogP contribution in [-0.2, 0) is 4.74 Å². The Kier molecular flexibility index (Phi) is 16.0. The van der Waals surface area contributed by atoms with Gasteiger partial charge >= 0.3 is 0 Å². The van der Waals surface area contributed by atoms with Gasteiger partial charge in [-0.2, -0.15) is 0 Å². The first-order chi connectivity index (χ1) is 20.2. The number of hydrogen-bond acceptors (Lipinski definition) is 1. The van der Waals surface area contributed by atoms with Crippen LogP contribution in [0.4, 0.5) is 0 Å². The van der Waals surface area contributed by atoms with Crippen LogP contribution in [-0.4, -0.2) is 13.2 Å². The highest BCUT2D eigenvalue weighted by molar-refractivity contribution is 5.07. The summed E-state index contributed by atoms with van der Waals surface area (Å²) in [4.78, 5) is 0. The summed E-state index contributed by atoms with van der Waals surface area (Å²) in [5.41, 5.74) is 3.46. The molecule has 2 unspecified atom stereocenters. The molecule has 0 amide bonds. The van der Waals surface area contributed by atoms with Crippen molar-refractivity contribution in [3.8, 4) is 0 Å². The Morgan fingerprint density at radius 3 is 1.20 bits per heavy atom. The highest BCUT2D eigenvalue weighted by Crippen LogP contribution is 2.38. The average Bonchev–Trinajstić information content (AvgIpc) is 3.01. The van der Waals surface area contributed by atoms with Gasteiger partial charge in [-0.3, -0.25) is 0 Å². The second-order valence-electron chi connectivity index (χ2n) is 15.3. The van der Waals surface area contributed by atoms with E-state index in [9.17, 15) is 0 Å². The van der Waals surface area contributed by atoms with Gasteiger partial charge < -0.3 is 4.74 Å². The summed E-state index contributed by atoms with van der Waals surface area (Å²) in [6, 6.07) is 0. The molecular weight excluding hydrogens is 496 g/mol. The molecule has 0 aromatic heterocycles. The van der Waals surface area contributed by atoms with Crippen LogP contribution >= 0.6 is 0 Å². The van der Waals surface area contributed by atoms with E-state index in [1.807, 2.05) is 0 Å². The van der Waals surface area contributed by atoms with Crippen molar-refractivity contribution < 1.29 is 4.74 Å². The van der Waals surface area contributed by atoms with Crippen molar-refractivity contribution in [1.82, 2.24) is 0 Å². The molecule has 0 heterocycles. The summed E-state index contributed by atoms with van der Waals surface area (Å²) in [5, 5.41) is 0. The highest BCUT2D eigenvalue weighted by atomic mass is 16.5. The smallest absolute Gasteiger partial charge is 0.0469 e. The topological polar surface area (TPSA) is 9.23 Å². The van der Waals surface area contributed by atoms with Gasteiger partial charge in [0.05, 0.1) is 0 Å². The number of allylic oxidation sites excluding steroid dienone is 4. The highest BCUT2D eigenvalue weighted by Gasteiger charge is 2.24. The van der Waals surface area contributed by atoms with Crippen molar-refractivity contribution in [2.75, 3.05) is 13.2 Å². The molecule has 41 heavy (non-hydrogen) atoms. The second-order valence-corrected chi connectivity index (χ2v) is 15.3. The third-order valence-corrected chi connectivity index (χ3v) is 12.1. The minimum absolute atomic E-state index is 0.961. The number of ether oxygens (including phenoxy) is 1. The second kappa shape index (κ2) is 19.7. The zero-order valence-corrected chi connectivity index (χ0v) is 27.8. The van der Waals surface area contributed by atoms with Crippen molar-refractivity contribution in [2.45, 2.75) is 181 Å². The molecule has 0 bridgehead atoms.